The van der Waals surface area contributed by atoms with E-state index in [1.165, 1.54) is 0 Å². The van der Waals surface area contributed by atoms with Gasteiger partial charge in [0.05, 0.1) is 6.61 Å². The molecule has 1 unspecified atom stereocenters. The van der Waals surface area contributed by atoms with Crippen LogP contribution in [0.15, 0.2) is 0 Å². The maximum atomic E-state index is 11.3. The van der Waals surface area contributed by atoms with Crippen LogP contribution in [-0.4, -0.2) is 26.2 Å². The fraction of sp³-hybridized carbons (Fsp3) is 0.909. The van der Waals surface area contributed by atoms with E-state index in [1.54, 1.807) is 0 Å². The zero-order valence-electron chi connectivity index (χ0n) is 9.80. The Morgan fingerprint density at radius 1 is 1.43 bits per heavy atom. The van der Waals surface area contributed by atoms with Crippen molar-refractivity contribution in [2.75, 3.05) is 20.2 Å². The van der Waals surface area contributed by atoms with Gasteiger partial charge >= 0.3 is 5.97 Å². The van der Waals surface area contributed by atoms with Crippen molar-refractivity contribution in [3.8, 4) is 0 Å². The minimum absolute atomic E-state index is 0.0756. The average Bonchev–Trinajstić information content (AvgIpc) is 2.03. The minimum atomic E-state index is -0.0756. The van der Waals surface area contributed by atoms with Crippen LogP contribution in [0.2, 0.25) is 0 Å². The Hall–Kier alpha value is -0.570. The highest BCUT2D eigenvalue weighted by Crippen LogP contribution is 2.15. The first kappa shape index (κ1) is 13.4. The van der Waals surface area contributed by atoms with Gasteiger partial charge in [-0.2, -0.15) is 0 Å². The third-order valence-corrected chi connectivity index (χ3v) is 2.06. The molecule has 3 nitrogen and oxygen atoms in total. The van der Waals surface area contributed by atoms with Crippen LogP contribution in [0.4, 0.5) is 0 Å². The molecule has 0 amide bonds. The highest BCUT2D eigenvalue weighted by molar-refractivity contribution is 5.69. The van der Waals surface area contributed by atoms with Crippen LogP contribution < -0.4 is 5.32 Å². The van der Waals surface area contributed by atoms with Crippen molar-refractivity contribution >= 4 is 5.97 Å². The second-order valence-corrected chi connectivity index (χ2v) is 4.06. The first-order chi connectivity index (χ1) is 6.60. The third-order valence-electron chi connectivity index (χ3n) is 2.06. The Kier molecular flexibility index (Phi) is 7.48. The zero-order chi connectivity index (χ0) is 11.0. The molecule has 0 saturated heterocycles. The van der Waals surface area contributed by atoms with Gasteiger partial charge in [-0.05, 0) is 38.8 Å². The van der Waals surface area contributed by atoms with Gasteiger partial charge in [0, 0.05) is 6.42 Å². The number of nitrogens with one attached hydrogen (secondary N) is 1. The monoisotopic (exact) mass is 201 g/mol. The molecule has 0 rings (SSSR count). The number of hydrogen-bond acceptors (Lipinski definition) is 3. The molecule has 3 heteroatoms. The van der Waals surface area contributed by atoms with Crippen LogP contribution in [-0.2, 0) is 9.53 Å². The van der Waals surface area contributed by atoms with Crippen molar-refractivity contribution < 1.29 is 9.53 Å². The van der Waals surface area contributed by atoms with E-state index in [9.17, 15) is 4.79 Å². The molecule has 14 heavy (non-hydrogen) atoms. The Morgan fingerprint density at radius 3 is 2.50 bits per heavy atom. The molecule has 0 aliphatic carbocycles. The van der Waals surface area contributed by atoms with E-state index in [4.69, 9.17) is 4.74 Å². The summed E-state index contributed by atoms with van der Waals surface area (Å²) in [5.74, 6) is 0.954. The summed E-state index contributed by atoms with van der Waals surface area (Å²) in [5.41, 5.74) is 0. The molecule has 0 bridgehead atoms. The normalized spacial score (nSPS) is 12.9. The quantitative estimate of drug-likeness (QED) is 0.639. The molecular formula is C11H23NO2. The molecule has 0 spiro atoms. The highest BCUT2D eigenvalue weighted by Gasteiger charge is 2.15. The summed E-state index contributed by atoms with van der Waals surface area (Å²) in [4.78, 5) is 11.3. The zero-order valence-corrected chi connectivity index (χ0v) is 9.80. The molecule has 0 aliphatic heterocycles. The van der Waals surface area contributed by atoms with E-state index in [2.05, 4.69) is 19.2 Å². The van der Waals surface area contributed by atoms with Crippen LogP contribution in [0.3, 0.4) is 0 Å². The lowest BCUT2D eigenvalue weighted by Gasteiger charge is -2.17. The van der Waals surface area contributed by atoms with Crippen molar-refractivity contribution in [2.24, 2.45) is 11.8 Å². The van der Waals surface area contributed by atoms with Crippen molar-refractivity contribution in [1.82, 2.24) is 5.32 Å². The standard InChI is InChI=1S/C11H23NO2/c1-5-14-11(13)7-10(8-12-4)6-9(2)3/h9-10,12H,5-8H2,1-4H3. The molecule has 0 aromatic rings. The summed E-state index contributed by atoms with van der Waals surface area (Å²) in [6.07, 6.45) is 1.60. The molecule has 0 radical (unpaired) electrons. The lowest BCUT2D eigenvalue weighted by molar-refractivity contribution is -0.144. The summed E-state index contributed by atoms with van der Waals surface area (Å²) in [5, 5.41) is 3.11. The Labute approximate surface area is 87.2 Å². The summed E-state index contributed by atoms with van der Waals surface area (Å²) in [7, 11) is 1.92. The number of carbonyl (C=O) groups excluding carboxylic acids is 1. The van der Waals surface area contributed by atoms with E-state index in [0.29, 0.717) is 24.9 Å². The van der Waals surface area contributed by atoms with E-state index >= 15 is 0 Å². The SMILES string of the molecule is CCOC(=O)CC(CNC)CC(C)C. The van der Waals surface area contributed by atoms with Crippen LogP contribution in [0.1, 0.15) is 33.6 Å². The minimum Gasteiger partial charge on any atom is -0.466 e. The van der Waals surface area contributed by atoms with Crippen LogP contribution >= 0.6 is 0 Å². The Balaban J connectivity index is 3.88. The van der Waals surface area contributed by atoms with Gasteiger partial charge in [-0.25, -0.2) is 0 Å². The molecule has 0 aliphatic rings. The fourth-order valence-electron chi connectivity index (χ4n) is 1.65. The predicted molar refractivity (Wildman–Crippen MR) is 58.1 cm³/mol. The van der Waals surface area contributed by atoms with Crippen LogP contribution in [0.25, 0.3) is 0 Å². The van der Waals surface area contributed by atoms with E-state index in [-0.39, 0.29) is 5.97 Å². The molecular weight excluding hydrogens is 178 g/mol. The third kappa shape index (κ3) is 6.89. The maximum absolute atomic E-state index is 11.3. The topological polar surface area (TPSA) is 38.3 Å². The molecule has 1 atom stereocenters. The van der Waals surface area contributed by atoms with Gasteiger partial charge in [0.1, 0.15) is 0 Å². The number of rotatable bonds is 7. The molecule has 0 fully saturated rings. The van der Waals surface area contributed by atoms with Crippen LogP contribution in [0.5, 0.6) is 0 Å². The van der Waals surface area contributed by atoms with Crippen molar-refractivity contribution in [1.29, 1.82) is 0 Å². The lowest BCUT2D eigenvalue weighted by Crippen LogP contribution is -2.23. The summed E-state index contributed by atoms with van der Waals surface area (Å²) in [6, 6.07) is 0. The smallest absolute Gasteiger partial charge is 0.306 e. The summed E-state index contributed by atoms with van der Waals surface area (Å²) >= 11 is 0. The van der Waals surface area contributed by atoms with Gasteiger partial charge in [-0.1, -0.05) is 13.8 Å². The van der Waals surface area contributed by atoms with Crippen LogP contribution in [0, 0.1) is 11.8 Å². The summed E-state index contributed by atoms with van der Waals surface area (Å²) < 4.78 is 4.93. The Morgan fingerprint density at radius 2 is 2.07 bits per heavy atom. The second-order valence-electron chi connectivity index (χ2n) is 4.06. The van der Waals surface area contributed by atoms with E-state index in [1.807, 2.05) is 14.0 Å². The predicted octanol–water partition coefficient (Wildman–Crippen LogP) is 1.82. The highest BCUT2D eigenvalue weighted by atomic mass is 16.5. The lowest BCUT2D eigenvalue weighted by atomic mass is 9.94. The van der Waals surface area contributed by atoms with E-state index in [0.717, 1.165) is 13.0 Å². The number of carbonyl (C=O) groups is 1. The average molecular weight is 201 g/mol. The molecule has 0 heterocycles. The molecule has 1 N–H and O–H groups in total. The molecule has 0 aromatic heterocycles. The van der Waals surface area contributed by atoms with E-state index < -0.39 is 0 Å². The van der Waals surface area contributed by atoms with Crippen molar-refractivity contribution in [3.63, 3.8) is 0 Å². The largest absolute Gasteiger partial charge is 0.466 e. The van der Waals surface area contributed by atoms with Gasteiger partial charge in [-0.15, -0.1) is 0 Å². The number of ether oxygens (including phenoxy) is 1. The second kappa shape index (κ2) is 7.80. The summed E-state index contributed by atoms with van der Waals surface area (Å²) in [6.45, 7) is 7.55. The fourth-order valence-corrected chi connectivity index (χ4v) is 1.65. The molecule has 0 aromatic carbocycles. The van der Waals surface area contributed by atoms with Crippen molar-refractivity contribution in [2.45, 2.75) is 33.6 Å². The van der Waals surface area contributed by atoms with Gasteiger partial charge in [-0.3, -0.25) is 4.79 Å². The van der Waals surface area contributed by atoms with Gasteiger partial charge in [0.25, 0.3) is 0 Å². The maximum Gasteiger partial charge on any atom is 0.306 e. The van der Waals surface area contributed by atoms with Gasteiger partial charge in [0.15, 0.2) is 0 Å². The molecule has 0 saturated carbocycles. The van der Waals surface area contributed by atoms with Gasteiger partial charge in [0.2, 0.25) is 0 Å². The number of hydrogen-bond donors (Lipinski definition) is 1. The first-order valence-electron chi connectivity index (χ1n) is 5.40. The van der Waals surface area contributed by atoms with Crippen molar-refractivity contribution in [3.05, 3.63) is 0 Å². The number of esters is 1. The first-order valence-corrected chi connectivity index (χ1v) is 5.40. The Bertz CT molecular complexity index is 157. The van der Waals surface area contributed by atoms with Gasteiger partial charge < -0.3 is 10.1 Å². The molecule has 84 valence electrons.